The third-order valence-corrected chi connectivity index (χ3v) is 14.6. The van der Waals surface area contributed by atoms with Crippen LogP contribution in [0, 0.1) is 0 Å². The molecule has 9 heterocycles. The van der Waals surface area contributed by atoms with Gasteiger partial charge in [0, 0.05) is 142 Å². The zero-order valence-electron chi connectivity index (χ0n) is 45.1. The van der Waals surface area contributed by atoms with Gasteiger partial charge in [0.1, 0.15) is 26.2 Å². The highest BCUT2D eigenvalue weighted by molar-refractivity contribution is 5.99. The van der Waals surface area contributed by atoms with Crippen LogP contribution in [0.2, 0.25) is 0 Å². The Bertz CT molecular complexity index is 3170. The molecule has 0 radical (unpaired) electrons. The van der Waals surface area contributed by atoms with Crippen molar-refractivity contribution in [3.63, 3.8) is 0 Å². The van der Waals surface area contributed by atoms with E-state index in [0.29, 0.717) is 51.9 Å². The van der Waals surface area contributed by atoms with Crippen molar-refractivity contribution in [3.05, 3.63) is 145 Å². The summed E-state index contributed by atoms with van der Waals surface area (Å²) >= 11 is 0. The summed E-state index contributed by atoms with van der Waals surface area (Å²) in [6, 6.07) is 24.9. The quantitative estimate of drug-likeness (QED) is 0.0201. The number of carboxylic acid groups (broad SMARTS) is 4. The van der Waals surface area contributed by atoms with Crippen LogP contribution in [0.3, 0.4) is 0 Å². The van der Waals surface area contributed by atoms with Crippen molar-refractivity contribution in [2.24, 2.45) is 0 Å². The van der Waals surface area contributed by atoms with Gasteiger partial charge < -0.3 is 30.4 Å². The maximum atomic E-state index is 11.3. The van der Waals surface area contributed by atoms with Crippen molar-refractivity contribution in [2.75, 3.05) is 0 Å². The van der Waals surface area contributed by atoms with Crippen LogP contribution >= 0.6 is 0 Å². The van der Waals surface area contributed by atoms with E-state index in [1.54, 1.807) is 0 Å². The number of pyridine rings is 4. The van der Waals surface area contributed by atoms with Gasteiger partial charge in [0.15, 0.2) is 49.6 Å². The van der Waals surface area contributed by atoms with E-state index in [4.69, 9.17) is 9.97 Å². The molecule has 8 bridgehead atoms. The van der Waals surface area contributed by atoms with Gasteiger partial charge in [0.2, 0.25) is 0 Å². The van der Waals surface area contributed by atoms with E-state index in [1.165, 1.54) is 0 Å². The predicted octanol–water partition coefficient (Wildman–Crippen LogP) is 11.1. The van der Waals surface area contributed by atoms with Gasteiger partial charge in [-0.25, -0.2) is 28.2 Å². The zero-order chi connectivity index (χ0) is 55.8. The van der Waals surface area contributed by atoms with Gasteiger partial charge in [-0.3, -0.25) is 19.2 Å². The molecule has 2 aliphatic heterocycles. The number of fused-ring (bicyclic) bond motifs is 8. The van der Waals surface area contributed by atoms with Gasteiger partial charge in [0.05, 0.1) is 22.8 Å². The second-order valence-electron chi connectivity index (χ2n) is 20.6. The molecule has 7 aromatic heterocycles. The lowest BCUT2D eigenvalue weighted by Crippen LogP contribution is -2.32. The fourth-order valence-corrected chi connectivity index (χ4v) is 10.6. The highest BCUT2D eigenvalue weighted by atomic mass is 16.4. The number of aryl methyl sites for hydroxylation is 4. The van der Waals surface area contributed by atoms with E-state index in [1.807, 2.05) is 49.1 Å². The van der Waals surface area contributed by atoms with E-state index in [2.05, 4.69) is 126 Å². The van der Waals surface area contributed by atoms with Gasteiger partial charge in [-0.2, -0.15) is 0 Å². The largest absolute Gasteiger partial charge is 0.481 e. The van der Waals surface area contributed by atoms with Gasteiger partial charge >= 0.3 is 23.9 Å². The van der Waals surface area contributed by atoms with E-state index in [0.717, 1.165) is 141 Å². The number of hydrogen-bond acceptors (Lipinski definition) is 6. The molecule has 410 valence electrons. The van der Waals surface area contributed by atoms with Gasteiger partial charge in [-0.1, -0.05) is 0 Å². The Morgan fingerprint density at radius 3 is 0.800 bits per heavy atom. The Hall–Kier alpha value is -8.92. The van der Waals surface area contributed by atoms with E-state index in [9.17, 15) is 39.6 Å². The second-order valence-corrected chi connectivity index (χ2v) is 20.6. The van der Waals surface area contributed by atoms with Crippen LogP contribution in [0.25, 0.3) is 90.9 Å². The standard InChI is InChI=1S/C64H66N8O8/c73-57(74)21-5-1-9-33-69-37-13-17-45(41-69)61-49-25-27-51(65-49)62(46-18-14-38-70(42-46)34-10-2-6-22-58(75)76)53-29-31-55(67-53)64(48-20-16-40-72(44-48)36-12-4-8-24-60(79)80)56-32-30-54(68-56)63(52-28-26-50(61)66-52)47-19-15-39-71(43-47)35-11-3-7-23-59(77)78/h13-20,25-32,37-44H,1-12,21-24,33-36H2,(H2-4,65,66,67,68,73,74,75,76,77,78,79,80)/p+4. The fourth-order valence-electron chi connectivity index (χ4n) is 10.6. The molecule has 80 heavy (non-hydrogen) atoms. The number of carbonyl (C=O) groups is 4. The molecule has 0 saturated carbocycles. The Kier molecular flexibility index (Phi) is 18.9. The number of unbranched alkanes of at least 4 members (excludes halogenated alkanes) is 8. The zero-order valence-corrected chi connectivity index (χ0v) is 45.1. The first-order chi connectivity index (χ1) is 38.9. The minimum absolute atomic E-state index is 0.147. The normalized spacial score (nSPS) is 11.8. The lowest BCUT2D eigenvalue weighted by molar-refractivity contribution is -0.697. The molecule has 16 heteroatoms. The summed E-state index contributed by atoms with van der Waals surface area (Å²) in [7, 11) is 0. The van der Waals surface area contributed by atoms with Crippen LogP contribution in [-0.2, 0) is 45.4 Å². The molecule has 0 unspecified atom stereocenters. The smallest absolute Gasteiger partial charge is 0.303 e. The SMILES string of the molecule is O=C(O)CCCCC[n+]1cccc(-c2c3nc(c(-c4ccc[n+](CCCCCC(=O)O)c4)c4ccc([nH]4)c(-c4ccc[n+](CCCCCC(=O)O)c4)c4nc(c(-c5ccc[n+](CCCCCC(=O)O)c5)c5ccc2[nH]5)C=C4)C=C3)c1. The minimum atomic E-state index is -0.786. The molecular formula is C64H70N8O8+4. The topological polar surface area (TPSA) is 222 Å². The Labute approximate surface area is 464 Å². The van der Waals surface area contributed by atoms with Crippen LogP contribution in [-0.4, -0.2) is 64.2 Å². The Morgan fingerprint density at radius 1 is 0.338 bits per heavy atom. The summed E-state index contributed by atoms with van der Waals surface area (Å²) in [5.41, 5.74) is 13.7. The number of aromatic amines is 2. The Morgan fingerprint density at radius 2 is 0.575 bits per heavy atom. The summed E-state index contributed by atoms with van der Waals surface area (Å²) in [5.74, 6) is -3.14. The molecule has 0 spiro atoms. The molecule has 16 nitrogen and oxygen atoms in total. The summed E-state index contributed by atoms with van der Waals surface area (Å²) in [6.07, 6.45) is 34.5. The molecule has 0 amide bonds. The van der Waals surface area contributed by atoms with Crippen molar-refractivity contribution in [1.82, 2.24) is 19.9 Å². The summed E-state index contributed by atoms with van der Waals surface area (Å²) in [4.78, 5) is 63.9. The molecule has 2 aliphatic rings. The number of aromatic nitrogens is 8. The van der Waals surface area contributed by atoms with Crippen molar-refractivity contribution >= 4 is 70.2 Å². The summed E-state index contributed by atoms with van der Waals surface area (Å²) in [5, 5.41) is 37.0. The third-order valence-electron chi connectivity index (χ3n) is 14.6. The average Bonchev–Trinajstić information content (AvgIpc) is 4.34. The van der Waals surface area contributed by atoms with E-state index < -0.39 is 23.9 Å². The van der Waals surface area contributed by atoms with Crippen LogP contribution < -0.4 is 18.3 Å². The van der Waals surface area contributed by atoms with Crippen molar-refractivity contribution < 1.29 is 57.9 Å². The maximum Gasteiger partial charge on any atom is 0.303 e. The van der Waals surface area contributed by atoms with Crippen molar-refractivity contribution in [3.8, 4) is 44.5 Å². The predicted molar refractivity (Wildman–Crippen MR) is 306 cm³/mol. The summed E-state index contributed by atoms with van der Waals surface area (Å²) in [6.45, 7) is 2.85. The van der Waals surface area contributed by atoms with Crippen molar-refractivity contribution in [2.45, 2.75) is 129 Å². The lowest BCUT2D eigenvalue weighted by atomic mass is 10.1. The Balaban J connectivity index is 1.27. The van der Waals surface area contributed by atoms with Crippen molar-refractivity contribution in [1.29, 1.82) is 0 Å². The minimum Gasteiger partial charge on any atom is -0.481 e. The van der Waals surface area contributed by atoms with Crippen LogP contribution in [0.1, 0.15) is 126 Å². The van der Waals surface area contributed by atoms with Crippen LogP contribution in [0.5, 0.6) is 0 Å². The fraction of sp³-hybridized carbons (Fsp3) is 0.312. The molecule has 0 atom stereocenters. The lowest BCUT2D eigenvalue weighted by Gasteiger charge is -2.07. The first-order valence-electron chi connectivity index (χ1n) is 28.0. The molecule has 0 fully saturated rings. The van der Waals surface area contributed by atoms with Gasteiger partial charge in [0.25, 0.3) is 0 Å². The first kappa shape index (κ1) is 55.8. The molecule has 9 rings (SSSR count). The molecule has 0 aromatic carbocycles. The number of H-pyrrole nitrogens is 2. The second kappa shape index (κ2) is 27.1. The van der Waals surface area contributed by atoms with E-state index in [-0.39, 0.29) is 25.7 Å². The third kappa shape index (κ3) is 14.8. The molecular weight excluding hydrogens is 1010 g/mol. The highest BCUT2D eigenvalue weighted by Gasteiger charge is 2.23. The van der Waals surface area contributed by atoms with E-state index >= 15 is 0 Å². The first-order valence-corrected chi connectivity index (χ1v) is 28.0. The molecule has 7 aromatic rings. The molecule has 6 N–H and O–H groups in total. The average molecular weight is 1080 g/mol. The number of rotatable bonds is 28. The number of nitrogens with zero attached hydrogens (tertiary/aromatic N) is 6. The monoisotopic (exact) mass is 1080 g/mol. The van der Waals surface area contributed by atoms with Crippen LogP contribution in [0.4, 0.5) is 0 Å². The summed E-state index contributed by atoms with van der Waals surface area (Å²) < 4.78 is 8.61. The number of carboxylic acids is 4. The number of aliphatic carboxylic acids is 4. The number of hydrogen-bond donors (Lipinski definition) is 6. The molecule has 0 aliphatic carbocycles. The maximum absolute atomic E-state index is 11.3. The molecule has 0 saturated heterocycles. The van der Waals surface area contributed by atoms with Crippen LogP contribution in [0.15, 0.2) is 122 Å². The highest BCUT2D eigenvalue weighted by Crippen LogP contribution is 2.38. The van der Waals surface area contributed by atoms with Gasteiger partial charge in [-0.05, 0) is 124 Å². The van der Waals surface area contributed by atoms with Gasteiger partial charge in [-0.15, -0.1) is 0 Å². The number of nitrogens with one attached hydrogen (secondary N) is 2.